The highest BCUT2D eigenvalue weighted by molar-refractivity contribution is 14.1. The third-order valence-electron chi connectivity index (χ3n) is 4.73. The summed E-state index contributed by atoms with van der Waals surface area (Å²) < 4.78 is 28.5. The van der Waals surface area contributed by atoms with Crippen LogP contribution in [0.15, 0.2) is 52.2 Å². The number of rotatable bonds is 5. The number of benzene rings is 1. The molecule has 27 heavy (non-hydrogen) atoms. The molecule has 0 spiro atoms. The molecule has 1 aliphatic rings. The molecule has 0 N–H and O–H groups in total. The summed E-state index contributed by atoms with van der Waals surface area (Å²) in [5.74, 6) is 0. The van der Waals surface area contributed by atoms with Crippen LogP contribution in [-0.4, -0.2) is 37.3 Å². The van der Waals surface area contributed by atoms with E-state index in [4.69, 9.17) is 0 Å². The lowest BCUT2D eigenvalue weighted by molar-refractivity contribution is -0.493. The van der Waals surface area contributed by atoms with E-state index in [-0.39, 0.29) is 29.5 Å². The molecule has 1 aromatic carbocycles. The second-order valence-electron chi connectivity index (χ2n) is 6.91. The van der Waals surface area contributed by atoms with Crippen LogP contribution in [-0.2, 0) is 10.0 Å². The van der Waals surface area contributed by atoms with Gasteiger partial charge in [-0.1, -0.05) is 23.8 Å². The molecule has 0 saturated carbocycles. The van der Waals surface area contributed by atoms with Crippen LogP contribution in [0.5, 0.6) is 0 Å². The van der Waals surface area contributed by atoms with Gasteiger partial charge in [0.1, 0.15) is 0 Å². The zero-order valence-electron chi connectivity index (χ0n) is 14.9. The summed E-state index contributed by atoms with van der Waals surface area (Å²) >= 11 is 3.72. The number of sulfonamides is 1. The Hall–Kier alpha value is -1.30. The van der Waals surface area contributed by atoms with Crippen LogP contribution in [0.4, 0.5) is 0 Å². The highest BCUT2D eigenvalue weighted by Gasteiger charge is 2.48. The fourth-order valence-electron chi connectivity index (χ4n) is 3.25. The van der Waals surface area contributed by atoms with E-state index in [1.807, 2.05) is 24.4 Å². The number of aryl methyl sites for hydroxylation is 1. The van der Waals surface area contributed by atoms with Gasteiger partial charge in [-0.15, -0.1) is 11.3 Å². The van der Waals surface area contributed by atoms with Crippen molar-refractivity contribution >= 4 is 47.5 Å². The van der Waals surface area contributed by atoms with Gasteiger partial charge in [-0.25, -0.2) is 8.42 Å². The van der Waals surface area contributed by atoms with Gasteiger partial charge in [0.15, 0.2) is 0 Å². The van der Waals surface area contributed by atoms with Gasteiger partial charge < -0.3 is 0 Å². The zero-order valence-corrected chi connectivity index (χ0v) is 18.7. The first-order valence-electron chi connectivity index (χ1n) is 8.25. The Morgan fingerprint density at radius 2 is 2.00 bits per heavy atom. The Morgan fingerprint density at radius 3 is 2.56 bits per heavy atom. The molecular formula is C18H19IN2O4S2. The van der Waals surface area contributed by atoms with Gasteiger partial charge >= 0.3 is 0 Å². The van der Waals surface area contributed by atoms with E-state index in [9.17, 15) is 18.5 Å². The predicted molar refractivity (Wildman–Crippen MR) is 115 cm³/mol. The molecule has 3 rings (SSSR count). The summed E-state index contributed by atoms with van der Waals surface area (Å²) in [4.78, 5) is 12.1. The molecule has 1 atom stereocenters. The van der Waals surface area contributed by atoms with Gasteiger partial charge in [-0.2, -0.15) is 4.31 Å². The second-order valence-corrected chi connectivity index (χ2v) is 10.9. The van der Waals surface area contributed by atoms with Crippen molar-refractivity contribution in [1.82, 2.24) is 4.31 Å². The fraction of sp³-hybridized carbons (Fsp3) is 0.333. The fourth-order valence-corrected chi connectivity index (χ4v) is 6.86. The van der Waals surface area contributed by atoms with Crippen molar-refractivity contribution in [2.24, 2.45) is 5.41 Å². The van der Waals surface area contributed by atoms with Crippen LogP contribution in [0.1, 0.15) is 17.4 Å². The highest BCUT2D eigenvalue weighted by atomic mass is 127. The Bertz CT molecular complexity index is 985. The van der Waals surface area contributed by atoms with E-state index in [1.54, 1.807) is 42.5 Å². The van der Waals surface area contributed by atoms with E-state index in [1.165, 1.54) is 4.31 Å². The zero-order chi connectivity index (χ0) is 19.8. The molecule has 1 aliphatic heterocycles. The van der Waals surface area contributed by atoms with Crippen molar-refractivity contribution in [3.8, 4) is 0 Å². The van der Waals surface area contributed by atoms with Crippen molar-refractivity contribution in [2.75, 3.05) is 19.6 Å². The first kappa shape index (κ1) is 20.4. The van der Waals surface area contributed by atoms with Crippen LogP contribution >= 0.6 is 33.9 Å². The summed E-state index contributed by atoms with van der Waals surface area (Å²) in [6.45, 7) is 3.63. The molecule has 2 aromatic rings. The molecule has 6 nitrogen and oxygen atoms in total. The molecule has 0 bridgehead atoms. The summed E-state index contributed by atoms with van der Waals surface area (Å²) in [6.07, 6.45) is 0. The maximum atomic E-state index is 13.1. The number of hydrogen-bond acceptors (Lipinski definition) is 5. The largest absolute Gasteiger partial charge is 0.265 e. The topological polar surface area (TPSA) is 80.5 Å². The molecule has 2 heterocycles. The van der Waals surface area contributed by atoms with Gasteiger partial charge in [0.25, 0.3) is 0 Å². The number of nitrogens with zero attached hydrogens (tertiary/aromatic N) is 2. The molecule has 144 valence electrons. The Morgan fingerprint density at radius 1 is 1.33 bits per heavy atom. The first-order valence-corrected chi connectivity index (χ1v) is 11.6. The van der Waals surface area contributed by atoms with E-state index >= 15 is 0 Å². The minimum absolute atomic E-state index is 0.0946. The summed E-state index contributed by atoms with van der Waals surface area (Å²) in [6, 6.07) is 10.5. The van der Waals surface area contributed by atoms with E-state index in [2.05, 4.69) is 22.6 Å². The maximum absolute atomic E-state index is 13.1. The van der Waals surface area contributed by atoms with Crippen molar-refractivity contribution in [3.05, 3.63) is 67.9 Å². The van der Waals surface area contributed by atoms with Gasteiger partial charge in [0, 0.05) is 26.5 Å². The van der Waals surface area contributed by atoms with Gasteiger partial charge in [-0.3, -0.25) is 10.1 Å². The molecule has 1 fully saturated rings. The van der Waals surface area contributed by atoms with Crippen LogP contribution in [0, 0.1) is 22.5 Å². The van der Waals surface area contributed by atoms with Crippen molar-refractivity contribution < 1.29 is 13.3 Å². The Kier molecular flexibility index (Phi) is 5.76. The average molecular weight is 518 g/mol. The third-order valence-corrected chi connectivity index (χ3v) is 9.02. The van der Waals surface area contributed by atoms with Crippen molar-refractivity contribution in [1.29, 1.82) is 0 Å². The highest BCUT2D eigenvalue weighted by Crippen LogP contribution is 2.45. The van der Waals surface area contributed by atoms with Crippen LogP contribution in [0.2, 0.25) is 0 Å². The minimum atomic E-state index is -3.72. The SMILES string of the molecule is Cc1ccc(S(=O)(=O)N2C/C(=C(\I)c3cccs3)[C@@](C)(C[N+](=O)[O-])C2)cc1. The molecule has 0 radical (unpaired) electrons. The molecule has 0 aliphatic carbocycles. The molecule has 0 amide bonds. The van der Waals surface area contributed by atoms with Crippen LogP contribution in [0.25, 0.3) is 3.58 Å². The van der Waals surface area contributed by atoms with Crippen molar-refractivity contribution in [3.63, 3.8) is 0 Å². The standard InChI is InChI=1S/C18H19IN2O4S2/c1-13-5-7-14(8-6-13)27(24,25)20-10-15(17(19)16-4-3-9-26-16)18(2,11-20)12-21(22)23/h3-9H,10-12H2,1-2H3/b17-15+/t18-/m1/s1. The smallest absolute Gasteiger partial charge is 0.243 e. The van der Waals surface area contributed by atoms with Crippen LogP contribution in [0.3, 0.4) is 0 Å². The Labute approximate surface area is 176 Å². The molecule has 1 aromatic heterocycles. The Balaban J connectivity index is 2.04. The lowest BCUT2D eigenvalue weighted by Crippen LogP contribution is -2.34. The molecule has 9 heteroatoms. The first-order chi connectivity index (χ1) is 12.6. The third kappa shape index (κ3) is 4.10. The molecule has 0 unspecified atom stereocenters. The summed E-state index contributed by atoms with van der Waals surface area (Å²) in [5, 5.41) is 13.2. The lowest BCUT2D eigenvalue weighted by Gasteiger charge is -2.22. The number of hydrogen-bond donors (Lipinski definition) is 0. The van der Waals surface area contributed by atoms with E-state index in [0.29, 0.717) is 0 Å². The number of halogens is 1. The van der Waals surface area contributed by atoms with Gasteiger partial charge in [0.2, 0.25) is 16.6 Å². The summed E-state index contributed by atoms with van der Waals surface area (Å²) in [5.41, 5.74) is 0.932. The van der Waals surface area contributed by atoms with Gasteiger partial charge in [-0.05, 0) is 65.6 Å². The minimum Gasteiger partial charge on any atom is -0.265 e. The van der Waals surface area contributed by atoms with E-state index in [0.717, 1.165) is 19.6 Å². The van der Waals surface area contributed by atoms with Crippen LogP contribution < -0.4 is 0 Å². The molecular weight excluding hydrogens is 499 g/mol. The van der Waals surface area contributed by atoms with Gasteiger partial charge in [0.05, 0.1) is 10.3 Å². The summed E-state index contributed by atoms with van der Waals surface area (Å²) in [7, 11) is -3.72. The monoisotopic (exact) mass is 518 g/mol. The maximum Gasteiger partial charge on any atom is 0.243 e. The quantitative estimate of drug-likeness (QED) is 0.338. The van der Waals surface area contributed by atoms with Crippen molar-refractivity contribution in [2.45, 2.75) is 18.7 Å². The lowest BCUT2D eigenvalue weighted by atomic mass is 9.84. The predicted octanol–water partition coefficient (Wildman–Crippen LogP) is 4.19. The number of nitro groups is 1. The second kappa shape index (κ2) is 7.61. The number of thiophene rings is 1. The van der Waals surface area contributed by atoms with E-state index < -0.39 is 15.4 Å². The normalized spacial score (nSPS) is 22.8. The average Bonchev–Trinajstić information content (AvgIpc) is 3.22. The molecule has 1 saturated heterocycles.